The summed E-state index contributed by atoms with van der Waals surface area (Å²) in [4.78, 5) is 12.1. The molecule has 0 spiro atoms. The molecule has 0 aliphatic carbocycles. The quantitative estimate of drug-likeness (QED) is 0.857. The minimum Gasteiger partial charge on any atom is -0.463 e. The zero-order valence-electron chi connectivity index (χ0n) is 10.2. The fourth-order valence-corrected chi connectivity index (χ4v) is 1.61. The highest BCUT2D eigenvalue weighted by molar-refractivity contribution is 6.28. The molecule has 7 nitrogen and oxygen atoms in total. The van der Waals surface area contributed by atoms with Gasteiger partial charge in [-0.25, -0.2) is 5.01 Å². The Morgan fingerprint density at radius 1 is 1.33 bits per heavy atom. The third kappa shape index (κ3) is 3.94. The van der Waals surface area contributed by atoms with Crippen LogP contribution in [0.4, 0.5) is 5.95 Å². The molecule has 1 N–H and O–H groups in total. The topological polar surface area (TPSA) is 72.4 Å². The van der Waals surface area contributed by atoms with E-state index in [9.17, 15) is 0 Å². The van der Waals surface area contributed by atoms with E-state index in [-0.39, 0.29) is 11.3 Å². The van der Waals surface area contributed by atoms with E-state index in [0.29, 0.717) is 25.8 Å². The predicted molar refractivity (Wildman–Crippen MR) is 66.6 cm³/mol. The Hall–Kier alpha value is -1.18. The van der Waals surface area contributed by atoms with Gasteiger partial charge in [0.2, 0.25) is 11.2 Å². The van der Waals surface area contributed by atoms with E-state index in [4.69, 9.17) is 21.1 Å². The molecule has 0 bridgehead atoms. The van der Waals surface area contributed by atoms with Crippen molar-refractivity contribution in [3.05, 3.63) is 5.28 Å². The van der Waals surface area contributed by atoms with Crippen LogP contribution in [0.25, 0.3) is 0 Å². The van der Waals surface area contributed by atoms with Crippen LogP contribution in [0.3, 0.4) is 0 Å². The molecular weight excluding hydrogens is 258 g/mol. The Labute approximate surface area is 110 Å². The number of nitrogens with one attached hydrogen (secondary N) is 1. The van der Waals surface area contributed by atoms with Gasteiger partial charge in [0.05, 0.1) is 19.8 Å². The summed E-state index contributed by atoms with van der Waals surface area (Å²) in [6.07, 6.45) is 0.884. The number of hydrogen-bond acceptors (Lipinski definition) is 7. The van der Waals surface area contributed by atoms with E-state index in [1.165, 1.54) is 0 Å². The Morgan fingerprint density at radius 2 is 2.11 bits per heavy atom. The van der Waals surface area contributed by atoms with Crippen molar-refractivity contribution in [2.24, 2.45) is 0 Å². The first-order valence-electron chi connectivity index (χ1n) is 5.91. The average molecular weight is 274 g/mol. The van der Waals surface area contributed by atoms with Crippen molar-refractivity contribution in [2.75, 3.05) is 38.3 Å². The van der Waals surface area contributed by atoms with Crippen molar-refractivity contribution in [1.29, 1.82) is 0 Å². The SMILES string of the molecule is CCCOc1nc(Cl)nc(NN2CCOCC2)n1. The second-order valence-electron chi connectivity index (χ2n) is 3.77. The normalized spacial score (nSPS) is 16.6. The third-order valence-electron chi connectivity index (χ3n) is 2.29. The standard InChI is InChI=1S/C10H16ClN5O2/c1-2-5-18-10-13-8(11)12-9(14-10)15-16-3-6-17-7-4-16/h2-7H2,1H3,(H,12,13,14,15). The Bertz CT molecular complexity index is 387. The maximum atomic E-state index is 5.82. The van der Waals surface area contributed by atoms with E-state index in [1.807, 2.05) is 11.9 Å². The summed E-state index contributed by atoms with van der Waals surface area (Å²) in [7, 11) is 0. The number of nitrogens with zero attached hydrogens (tertiary/aromatic N) is 4. The Kier molecular flexibility index (Phi) is 4.91. The number of hydrazine groups is 1. The van der Waals surface area contributed by atoms with E-state index < -0.39 is 0 Å². The molecule has 0 amide bonds. The van der Waals surface area contributed by atoms with E-state index in [2.05, 4.69) is 20.4 Å². The highest BCUT2D eigenvalue weighted by Gasteiger charge is 2.13. The second kappa shape index (κ2) is 6.67. The molecule has 0 atom stereocenters. The smallest absolute Gasteiger partial charge is 0.322 e. The van der Waals surface area contributed by atoms with E-state index in [0.717, 1.165) is 19.5 Å². The van der Waals surface area contributed by atoms with Gasteiger partial charge < -0.3 is 9.47 Å². The second-order valence-corrected chi connectivity index (χ2v) is 4.11. The molecule has 0 aromatic carbocycles. The van der Waals surface area contributed by atoms with Gasteiger partial charge in [0.25, 0.3) is 0 Å². The van der Waals surface area contributed by atoms with Crippen molar-refractivity contribution in [1.82, 2.24) is 20.0 Å². The van der Waals surface area contributed by atoms with Gasteiger partial charge >= 0.3 is 6.01 Å². The summed E-state index contributed by atoms with van der Waals surface area (Å²) in [6.45, 7) is 5.48. The van der Waals surface area contributed by atoms with Crippen LogP contribution in [0, 0.1) is 0 Å². The zero-order chi connectivity index (χ0) is 12.8. The monoisotopic (exact) mass is 273 g/mol. The predicted octanol–water partition coefficient (Wildman–Crippen LogP) is 0.973. The molecule has 0 unspecified atom stereocenters. The van der Waals surface area contributed by atoms with Gasteiger partial charge in [-0.1, -0.05) is 6.92 Å². The van der Waals surface area contributed by atoms with E-state index >= 15 is 0 Å². The minimum absolute atomic E-state index is 0.117. The lowest BCUT2D eigenvalue weighted by atomic mass is 10.5. The van der Waals surface area contributed by atoms with Crippen LogP contribution in [-0.4, -0.2) is 52.9 Å². The van der Waals surface area contributed by atoms with Gasteiger partial charge in [0, 0.05) is 13.1 Å². The molecule has 1 aliphatic rings. The maximum Gasteiger partial charge on any atom is 0.322 e. The van der Waals surface area contributed by atoms with Crippen LogP contribution in [0.2, 0.25) is 5.28 Å². The molecule has 1 fully saturated rings. The molecule has 8 heteroatoms. The molecule has 2 heterocycles. The van der Waals surface area contributed by atoms with E-state index in [1.54, 1.807) is 0 Å². The third-order valence-corrected chi connectivity index (χ3v) is 2.46. The van der Waals surface area contributed by atoms with Crippen molar-refractivity contribution >= 4 is 17.5 Å². The molecule has 0 saturated carbocycles. The largest absolute Gasteiger partial charge is 0.463 e. The number of aromatic nitrogens is 3. The highest BCUT2D eigenvalue weighted by atomic mass is 35.5. The van der Waals surface area contributed by atoms with Crippen LogP contribution in [0.5, 0.6) is 6.01 Å². The van der Waals surface area contributed by atoms with Crippen molar-refractivity contribution in [3.63, 3.8) is 0 Å². The summed E-state index contributed by atoms with van der Waals surface area (Å²) in [5.41, 5.74) is 3.07. The summed E-state index contributed by atoms with van der Waals surface area (Å²) >= 11 is 5.82. The summed E-state index contributed by atoms with van der Waals surface area (Å²) in [5, 5.41) is 2.09. The lowest BCUT2D eigenvalue weighted by molar-refractivity contribution is 0.0492. The number of morpholine rings is 1. The Balaban J connectivity index is 1.99. The maximum absolute atomic E-state index is 5.82. The summed E-state index contributed by atoms with van der Waals surface area (Å²) in [5.74, 6) is 0.392. The number of hydrogen-bond donors (Lipinski definition) is 1. The fourth-order valence-electron chi connectivity index (χ4n) is 1.46. The van der Waals surface area contributed by atoms with Gasteiger partial charge in [-0.05, 0) is 18.0 Å². The summed E-state index contributed by atoms with van der Waals surface area (Å²) in [6, 6.07) is 0.243. The van der Waals surface area contributed by atoms with Crippen LogP contribution >= 0.6 is 11.6 Å². The molecular formula is C10H16ClN5O2. The molecule has 2 rings (SSSR count). The first-order chi connectivity index (χ1) is 8.78. The van der Waals surface area contributed by atoms with Gasteiger partial charge in [-0.2, -0.15) is 15.0 Å². The lowest BCUT2D eigenvalue weighted by Gasteiger charge is -2.26. The lowest BCUT2D eigenvalue weighted by Crippen LogP contribution is -2.40. The molecule has 18 heavy (non-hydrogen) atoms. The van der Waals surface area contributed by atoms with Gasteiger partial charge in [0.1, 0.15) is 0 Å². The van der Waals surface area contributed by atoms with Crippen molar-refractivity contribution < 1.29 is 9.47 Å². The van der Waals surface area contributed by atoms with Crippen LogP contribution in [-0.2, 0) is 4.74 Å². The first kappa shape index (κ1) is 13.3. The van der Waals surface area contributed by atoms with Crippen LogP contribution in [0.15, 0.2) is 0 Å². The highest BCUT2D eigenvalue weighted by Crippen LogP contribution is 2.12. The average Bonchev–Trinajstić information content (AvgIpc) is 2.37. The van der Waals surface area contributed by atoms with Gasteiger partial charge in [-0.15, -0.1) is 0 Å². The number of halogens is 1. The zero-order valence-corrected chi connectivity index (χ0v) is 11.0. The molecule has 0 radical (unpaired) electrons. The molecule has 1 aliphatic heterocycles. The van der Waals surface area contributed by atoms with Gasteiger partial charge in [0.15, 0.2) is 0 Å². The molecule has 100 valence electrons. The Morgan fingerprint density at radius 3 is 2.83 bits per heavy atom. The fraction of sp³-hybridized carbons (Fsp3) is 0.700. The number of anilines is 1. The van der Waals surface area contributed by atoms with Crippen molar-refractivity contribution in [3.8, 4) is 6.01 Å². The van der Waals surface area contributed by atoms with Crippen LogP contribution < -0.4 is 10.2 Å². The number of rotatable bonds is 5. The summed E-state index contributed by atoms with van der Waals surface area (Å²) < 4.78 is 10.6. The van der Waals surface area contributed by atoms with Crippen LogP contribution in [0.1, 0.15) is 13.3 Å². The van der Waals surface area contributed by atoms with Crippen molar-refractivity contribution in [2.45, 2.75) is 13.3 Å². The first-order valence-corrected chi connectivity index (χ1v) is 6.29. The molecule has 1 aromatic rings. The minimum atomic E-state index is 0.117. The number of ether oxygens (including phenoxy) is 2. The molecule has 1 saturated heterocycles. The molecule has 1 aromatic heterocycles. The van der Waals surface area contributed by atoms with Gasteiger partial charge in [-0.3, -0.25) is 5.43 Å².